The Morgan fingerprint density at radius 1 is 1.11 bits per heavy atom. The molecule has 18 heavy (non-hydrogen) atoms. The summed E-state index contributed by atoms with van der Waals surface area (Å²) < 4.78 is 5.09. The normalized spacial score (nSPS) is 10.2. The summed E-state index contributed by atoms with van der Waals surface area (Å²) >= 11 is 12.0. The SMILES string of the molecule is COc1ccc(Nc2cc(Cl)ccc2N)cc1Cl. The van der Waals surface area contributed by atoms with E-state index >= 15 is 0 Å². The smallest absolute Gasteiger partial charge is 0.137 e. The largest absolute Gasteiger partial charge is 0.495 e. The van der Waals surface area contributed by atoms with Gasteiger partial charge in [0.15, 0.2) is 0 Å². The lowest BCUT2D eigenvalue weighted by molar-refractivity contribution is 0.415. The standard InChI is InChI=1S/C13H12Cl2N2O/c1-18-13-5-3-9(7-10(13)15)17-12-6-8(14)2-4-11(12)16/h2-7,17H,16H2,1H3. The van der Waals surface area contributed by atoms with Crippen molar-refractivity contribution in [1.29, 1.82) is 0 Å². The summed E-state index contributed by atoms with van der Waals surface area (Å²) in [5.74, 6) is 0.626. The molecule has 0 aliphatic heterocycles. The molecule has 0 heterocycles. The average Bonchev–Trinajstić information content (AvgIpc) is 2.34. The predicted octanol–water partition coefficient (Wildman–Crippen LogP) is 4.33. The summed E-state index contributed by atoms with van der Waals surface area (Å²) in [7, 11) is 1.57. The molecule has 3 nitrogen and oxygen atoms in total. The van der Waals surface area contributed by atoms with Gasteiger partial charge in [0.1, 0.15) is 5.75 Å². The van der Waals surface area contributed by atoms with Crippen LogP contribution in [0, 0.1) is 0 Å². The quantitative estimate of drug-likeness (QED) is 0.824. The highest BCUT2D eigenvalue weighted by atomic mass is 35.5. The summed E-state index contributed by atoms with van der Waals surface area (Å²) in [6.45, 7) is 0. The van der Waals surface area contributed by atoms with E-state index in [1.165, 1.54) is 0 Å². The third kappa shape index (κ3) is 2.81. The summed E-state index contributed by atoms with van der Waals surface area (Å²) in [5.41, 5.74) is 8.02. The van der Waals surface area contributed by atoms with Crippen molar-refractivity contribution in [2.24, 2.45) is 0 Å². The van der Waals surface area contributed by atoms with E-state index in [0.717, 1.165) is 11.4 Å². The van der Waals surface area contributed by atoms with Gasteiger partial charge < -0.3 is 15.8 Å². The van der Waals surface area contributed by atoms with E-state index in [2.05, 4.69) is 5.32 Å². The van der Waals surface area contributed by atoms with Crippen molar-refractivity contribution in [3.8, 4) is 5.75 Å². The van der Waals surface area contributed by atoms with Crippen LogP contribution in [0.15, 0.2) is 36.4 Å². The molecule has 0 saturated heterocycles. The Kier molecular flexibility index (Phi) is 3.84. The molecule has 0 amide bonds. The average molecular weight is 283 g/mol. The van der Waals surface area contributed by atoms with Crippen LogP contribution in [0.2, 0.25) is 10.0 Å². The van der Waals surface area contributed by atoms with Gasteiger partial charge >= 0.3 is 0 Å². The topological polar surface area (TPSA) is 47.3 Å². The maximum absolute atomic E-state index is 6.04. The van der Waals surface area contributed by atoms with Gasteiger partial charge in [0, 0.05) is 10.7 Å². The molecule has 5 heteroatoms. The van der Waals surface area contributed by atoms with Gasteiger partial charge in [0.2, 0.25) is 0 Å². The van der Waals surface area contributed by atoms with Crippen molar-refractivity contribution >= 4 is 40.3 Å². The van der Waals surface area contributed by atoms with Gasteiger partial charge in [-0.1, -0.05) is 23.2 Å². The molecule has 94 valence electrons. The Morgan fingerprint density at radius 2 is 1.89 bits per heavy atom. The minimum atomic E-state index is 0.531. The van der Waals surface area contributed by atoms with Crippen LogP contribution in [0.25, 0.3) is 0 Å². The number of methoxy groups -OCH3 is 1. The number of nitrogens with one attached hydrogen (secondary N) is 1. The van der Waals surface area contributed by atoms with Gasteiger partial charge in [-0.2, -0.15) is 0 Å². The first-order valence-electron chi connectivity index (χ1n) is 5.26. The van der Waals surface area contributed by atoms with Gasteiger partial charge in [0.25, 0.3) is 0 Å². The summed E-state index contributed by atoms with van der Waals surface area (Å²) in [4.78, 5) is 0. The van der Waals surface area contributed by atoms with E-state index in [1.807, 2.05) is 6.07 Å². The zero-order valence-corrected chi connectivity index (χ0v) is 11.2. The lowest BCUT2D eigenvalue weighted by atomic mass is 10.2. The van der Waals surface area contributed by atoms with Gasteiger partial charge in [-0.3, -0.25) is 0 Å². The molecule has 0 unspecified atom stereocenters. The van der Waals surface area contributed by atoms with E-state index in [0.29, 0.717) is 21.5 Å². The molecule has 0 aromatic heterocycles. The van der Waals surface area contributed by atoms with Gasteiger partial charge in [-0.05, 0) is 36.4 Å². The predicted molar refractivity (Wildman–Crippen MR) is 77.2 cm³/mol. The van der Waals surface area contributed by atoms with Crippen molar-refractivity contribution in [2.75, 3.05) is 18.2 Å². The van der Waals surface area contributed by atoms with Crippen LogP contribution in [0.5, 0.6) is 5.75 Å². The third-order valence-electron chi connectivity index (χ3n) is 2.45. The van der Waals surface area contributed by atoms with Gasteiger partial charge in [0.05, 0.1) is 23.5 Å². The lowest BCUT2D eigenvalue weighted by Gasteiger charge is -2.11. The molecule has 0 aliphatic carbocycles. The van der Waals surface area contributed by atoms with Gasteiger partial charge in [-0.15, -0.1) is 0 Å². The Morgan fingerprint density at radius 3 is 2.56 bits per heavy atom. The molecule has 2 aromatic rings. The fraction of sp³-hybridized carbons (Fsp3) is 0.0769. The highest BCUT2D eigenvalue weighted by molar-refractivity contribution is 6.32. The third-order valence-corrected chi connectivity index (χ3v) is 2.98. The summed E-state index contributed by atoms with van der Waals surface area (Å²) in [5, 5.41) is 4.30. The number of rotatable bonds is 3. The van der Waals surface area contributed by atoms with E-state index < -0.39 is 0 Å². The number of benzene rings is 2. The van der Waals surface area contributed by atoms with E-state index in [1.54, 1.807) is 37.4 Å². The van der Waals surface area contributed by atoms with Crippen molar-refractivity contribution in [3.05, 3.63) is 46.4 Å². The number of hydrogen-bond donors (Lipinski definition) is 2. The molecule has 0 radical (unpaired) electrons. The van der Waals surface area contributed by atoms with Crippen LogP contribution in [0.3, 0.4) is 0 Å². The Balaban J connectivity index is 2.28. The fourth-order valence-corrected chi connectivity index (χ4v) is 1.97. The first-order chi connectivity index (χ1) is 8.60. The molecule has 0 atom stereocenters. The molecular formula is C13H12Cl2N2O. The number of nitrogens with two attached hydrogens (primary N) is 1. The molecule has 2 rings (SSSR count). The highest BCUT2D eigenvalue weighted by Gasteiger charge is 2.04. The van der Waals surface area contributed by atoms with Crippen LogP contribution in [0.1, 0.15) is 0 Å². The molecule has 0 saturated carbocycles. The van der Waals surface area contributed by atoms with E-state index in [4.69, 9.17) is 33.7 Å². The highest BCUT2D eigenvalue weighted by Crippen LogP contribution is 2.31. The second-order valence-electron chi connectivity index (χ2n) is 3.71. The van der Waals surface area contributed by atoms with E-state index in [-0.39, 0.29) is 0 Å². The molecule has 3 N–H and O–H groups in total. The monoisotopic (exact) mass is 282 g/mol. The van der Waals surface area contributed by atoms with Crippen molar-refractivity contribution < 1.29 is 4.74 Å². The Hall–Kier alpha value is -1.58. The molecular weight excluding hydrogens is 271 g/mol. The maximum Gasteiger partial charge on any atom is 0.137 e. The zero-order chi connectivity index (χ0) is 13.1. The van der Waals surface area contributed by atoms with Crippen molar-refractivity contribution in [2.45, 2.75) is 0 Å². The number of hydrogen-bond acceptors (Lipinski definition) is 3. The summed E-state index contributed by atoms with van der Waals surface area (Å²) in [6, 6.07) is 10.6. The Bertz CT molecular complexity index is 573. The van der Waals surface area contributed by atoms with E-state index in [9.17, 15) is 0 Å². The lowest BCUT2D eigenvalue weighted by Crippen LogP contribution is -1.96. The Labute approximate surface area is 115 Å². The summed E-state index contributed by atoms with van der Waals surface area (Å²) in [6.07, 6.45) is 0. The number of anilines is 3. The van der Waals surface area contributed by atoms with Crippen LogP contribution < -0.4 is 15.8 Å². The minimum Gasteiger partial charge on any atom is -0.495 e. The molecule has 0 bridgehead atoms. The second-order valence-corrected chi connectivity index (χ2v) is 4.55. The fourth-order valence-electron chi connectivity index (χ4n) is 1.54. The van der Waals surface area contributed by atoms with Gasteiger partial charge in [-0.25, -0.2) is 0 Å². The van der Waals surface area contributed by atoms with Crippen LogP contribution in [0.4, 0.5) is 17.1 Å². The zero-order valence-electron chi connectivity index (χ0n) is 9.71. The number of halogens is 2. The molecule has 0 spiro atoms. The van der Waals surface area contributed by atoms with Crippen molar-refractivity contribution in [3.63, 3.8) is 0 Å². The first-order valence-corrected chi connectivity index (χ1v) is 6.01. The number of ether oxygens (including phenoxy) is 1. The second kappa shape index (κ2) is 5.38. The van der Waals surface area contributed by atoms with Crippen LogP contribution in [-0.2, 0) is 0 Å². The maximum atomic E-state index is 6.04. The minimum absolute atomic E-state index is 0.531. The van der Waals surface area contributed by atoms with Crippen LogP contribution in [-0.4, -0.2) is 7.11 Å². The number of nitrogen functional groups attached to an aromatic ring is 1. The molecule has 0 aliphatic rings. The van der Waals surface area contributed by atoms with Crippen LogP contribution >= 0.6 is 23.2 Å². The molecule has 2 aromatic carbocycles. The first kappa shape index (κ1) is 12.9. The van der Waals surface area contributed by atoms with Crippen molar-refractivity contribution in [1.82, 2.24) is 0 Å². The molecule has 0 fully saturated rings.